The van der Waals surface area contributed by atoms with Gasteiger partial charge in [0, 0.05) is 58.4 Å². The average Bonchev–Trinajstić information content (AvgIpc) is 3.38. The fraction of sp³-hybridized carbons (Fsp3) is 0.917. The highest BCUT2D eigenvalue weighted by Crippen LogP contribution is 2.31. The van der Waals surface area contributed by atoms with E-state index in [1.54, 1.807) is 0 Å². The topological polar surface area (TPSA) is 57.7 Å². The van der Waals surface area contributed by atoms with E-state index in [4.69, 9.17) is 0 Å². The van der Waals surface area contributed by atoms with E-state index in [0.29, 0.717) is 12.5 Å². The van der Waals surface area contributed by atoms with Crippen molar-refractivity contribution in [2.24, 2.45) is 4.99 Å². The van der Waals surface area contributed by atoms with E-state index in [-0.39, 0.29) is 29.5 Å². The molecule has 4 saturated heterocycles. The number of aliphatic imine (C=N–C) groups is 1. The van der Waals surface area contributed by atoms with Crippen LogP contribution in [0.1, 0.15) is 44.9 Å². The van der Waals surface area contributed by atoms with Crippen molar-refractivity contribution in [1.29, 1.82) is 0 Å². The third-order valence-electron chi connectivity index (χ3n) is 8.22. The quantitative estimate of drug-likeness (QED) is 0.304. The normalized spacial score (nSPS) is 25.7. The maximum Gasteiger partial charge on any atom is 0.236 e. The lowest BCUT2D eigenvalue weighted by atomic mass is 9.84. The number of rotatable bonds is 5. The molecule has 9 heteroatoms. The van der Waals surface area contributed by atoms with Crippen molar-refractivity contribution in [1.82, 2.24) is 29.8 Å². The Hall–Kier alpha value is -0.650. The highest BCUT2D eigenvalue weighted by molar-refractivity contribution is 14.0. The SMILES string of the molecule is CN=C(NCC1(N2CCCCC2)CCN(C)CC1)N1CCN(CC(=O)N2CCCC2)CC1.I. The van der Waals surface area contributed by atoms with Crippen LogP contribution in [-0.2, 0) is 4.79 Å². The zero-order chi connectivity index (χ0) is 22.4. The minimum absolute atomic E-state index is 0. The molecule has 0 radical (unpaired) electrons. The van der Waals surface area contributed by atoms with Gasteiger partial charge in [0.05, 0.1) is 6.54 Å². The van der Waals surface area contributed by atoms with Gasteiger partial charge >= 0.3 is 0 Å². The van der Waals surface area contributed by atoms with Crippen LogP contribution >= 0.6 is 24.0 Å². The molecule has 0 aromatic rings. The molecule has 0 atom stereocenters. The molecule has 0 aliphatic carbocycles. The molecule has 0 aromatic heterocycles. The number of nitrogens with zero attached hydrogens (tertiary/aromatic N) is 6. The lowest BCUT2D eigenvalue weighted by Crippen LogP contribution is -2.63. The second kappa shape index (κ2) is 12.9. The lowest BCUT2D eigenvalue weighted by Gasteiger charge is -2.50. The number of carbonyl (C=O) groups excluding carboxylic acids is 1. The van der Waals surface area contributed by atoms with Crippen LogP contribution in [0.25, 0.3) is 0 Å². The molecule has 33 heavy (non-hydrogen) atoms. The van der Waals surface area contributed by atoms with Crippen LogP contribution in [0, 0.1) is 0 Å². The molecule has 0 bridgehead atoms. The zero-order valence-corrected chi connectivity index (χ0v) is 23.3. The fourth-order valence-electron chi connectivity index (χ4n) is 5.96. The van der Waals surface area contributed by atoms with E-state index in [0.717, 1.165) is 64.6 Å². The maximum absolute atomic E-state index is 12.5. The number of likely N-dealkylation sites (tertiary alicyclic amines) is 3. The average molecular weight is 576 g/mol. The molecule has 4 heterocycles. The van der Waals surface area contributed by atoms with Crippen LogP contribution < -0.4 is 5.32 Å². The Kier molecular flexibility index (Phi) is 10.5. The molecule has 190 valence electrons. The molecule has 4 rings (SSSR count). The highest BCUT2D eigenvalue weighted by Gasteiger charge is 2.40. The first kappa shape index (κ1) is 26.9. The predicted octanol–water partition coefficient (Wildman–Crippen LogP) is 1.37. The zero-order valence-electron chi connectivity index (χ0n) is 20.9. The molecule has 8 nitrogen and oxygen atoms in total. The van der Waals surface area contributed by atoms with Crippen molar-refractivity contribution in [3.05, 3.63) is 0 Å². The number of hydrogen-bond donors (Lipinski definition) is 1. The minimum Gasteiger partial charge on any atom is -0.354 e. The standard InChI is InChI=1S/C24H45N7O.HI/c1-25-23(30-18-16-28(17-19-30)20-22(32)29-10-6-7-11-29)26-21-24(8-14-27(2)15-9-24)31-12-4-3-5-13-31;/h3-21H2,1-2H3,(H,25,26);1H. The second-order valence-corrected chi connectivity index (χ2v) is 10.3. The molecule has 0 aromatic carbocycles. The number of guanidine groups is 1. The molecule has 0 spiro atoms. The number of nitrogens with one attached hydrogen (secondary N) is 1. The molecule has 1 N–H and O–H groups in total. The first-order chi connectivity index (χ1) is 15.6. The number of piperidine rings is 2. The summed E-state index contributed by atoms with van der Waals surface area (Å²) in [7, 11) is 4.16. The summed E-state index contributed by atoms with van der Waals surface area (Å²) in [6.07, 6.45) is 8.86. The highest BCUT2D eigenvalue weighted by atomic mass is 127. The summed E-state index contributed by atoms with van der Waals surface area (Å²) in [5.74, 6) is 1.34. The summed E-state index contributed by atoms with van der Waals surface area (Å²) < 4.78 is 0. The van der Waals surface area contributed by atoms with Gasteiger partial charge in [-0.15, -0.1) is 24.0 Å². The van der Waals surface area contributed by atoms with Gasteiger partial charge in [-0.1, -0.05) is 6.42 Å². The summed E-state index contributed by atoms with van der Waals surface area (Å²) in [6, 6.07) is 0. The van der Waals surface area contributed by atoms with Gasteiger partial charge in [0.2, 0.25) is 5.91 Å². The molecular weight excluding hydrogens is 529 g/mol. The number of piperazine rings is 1. The first-order valence-electron chi connectivity index (χ1n) is 13.0. The Morgan fingerprint density at radius 1 is 0.818 bits per heavy atom. The van der Waals surface area contributed by atoms with Crippen molar-refractivity contribution < 1.29 is 4.79 Å². The number of carbonyl (C=O) groups is 1. The third-order valence-corrected chi connectivity index (χ3v) is 8.22. The first-order valence-corrected chi connectivity index (χ1v) is 13.0. The van der Waals surface area contributed by atoms with E-state index < -0.39 is 0 Å². The van der Waals surface area contributed by atoms with E-state index in [1.165, 1.54) is 58.3 Å². The molecule has 4 aliphatic rings. The largest absolute Gasteiger partial charge is 0.354 e. The summed E-state index contributed by atoms with van der Waals surface area (Å²) in [6.45, 7) is 12.0. The summed E-state index contributed by atoms with van der Waals surface area (Å²) in [5, 5.41) is 3.78. The van der Waals surface area contributed by atoms with Gasteiger partial charge in [0.1, 0.15) is 0 Å². The van der Waals surface area contributed by atoms with Crippen LogP contribution in [0.5, 0.6) is 0 Å². The van der Waals surface area contributed by atoms with Crippen molar-refractivity contribution in [3.8, 4) is 0 Å². The molecule has 0 unspecified atom stereocenters. The van der Waals surface area contributed by atoms with Crippen LogP contribution in [0.4, 0.5) is 0 Å². The number of amides is 1. The second-order valence-electron chi connectivity index (χ2n) is 10.3. The maximum atomic E-state index is 12.5. The van der Waals surface area contributed by atoms with Gasteiger partial charge in [0.25, 0.3) is 0 Å². The van der Waals surface area contributed by atoms with E-state index in [2.05, 4.69) is 37.0 Å². The molecule has 0 saturated carbocycles. The van der Waals surface area contributed by atoms with Gasteiger partial charge in [-0.2, -0.15) is 0 Å². The molecular formula is C24H46IN7O. The van der Waals surface area contributed by atoms with E-state index in [9.17, 15) is 4.79 Å². The number of hydrogen-bond acceptors (Lipinski definition) is 5. The monoisotopic (exact) mass is 575 g/mol. The van der Waals surface area contributed by atoms with Gasteiger partial charge in [0.15, 0.2) is 5.96 Å². The molecule has 4 fully saturated rings. The van der Waals surface area contributed by atoms with Gasteiger partial charge in [-0.3, -0.25) is 19.6 Å². The van der Waals surface area contributed by atoms with Crippen molar-refractivity contribution >= 4 is 35.8 Å². The van der Waals surface area contributed by atoms with Crippen LogP contribution in [0.2, 0.25) is 0 Å². The van der Waals surface area contributed by atoms with Crippen LogP contribution in [0.15, 0.2) is 4.99 Å². The Morgan fingerprint density at radius 2 is 1.42 bits per heavy atom. The molecule has 4 aliphatic heterocycles. The van der Waals surface area contributed by atoms with Crippen LogP contribution in [-0.4, -0.2) is 135 Å². The molecule has 1 amide bonds. The third kappa shape index (κ3) is 6.95. The predicted molar refractivity (Wildman–Crippen MR) is 145 cm³/mol. The van der Waals surface area contributed by atoms with Gasteiger partial charge in [-0.05, 0) is 71.8 Å². The van der Waals surface area contributed by atoms with Crippen molar-refractivity contribution in [2.75, 3.05) is 92.6 Å². The summed E-state index contributed by atoms with van der Waals surface area (Å²) in [4.78, 5) is 29.1. The van der Waals surface area contributed by atoms with Crippen molar-refractivity contribution in [3.63, 3.8) is 0 Å². The Bertz CT molecular complexity index is 633. The minimum atomic E-state index is 0. The van der Waals surface area contributed by atoms with Gasteiger partial charge < -0.3 is 20.0 Å². The van der Waals surface area contributed by atoms with Crippen molar-refractivity contribution in [2.45, 2.75) is 50.5 Å². The Labute approximate surface area is 218 Å². The summed E-state index contributed by atoms with van der Waals surface area (Å²) in [5.41, 5.74) is 0.257. The Morgan fingerprint density at radius 3 is 2.03 bits per heavy atom. The fourth-order valence-corrected chi connectivity index (χ4v) is 5.96. The van der Waals surface area contributed by atoms with E-state index in [1.807, 2.05) is 11.9 Å². The van der Waals surface area contributed by atoms with Crippen LogP contribution in [0.3, 0.4) is 0 Å². The smallest absolute Gasteiger partial charge is 0.236 e. The van der Waals surface area contributed by atoms with Gasteiger partial charge in [-0.25, -0.2) is 0 Å². The van der Waals surface area contributed by atoms with E-state index >= 15 is 0 Å². The summed E-state index contributed by atoms with van der Waals surface area (Å²) >= 11 is 0. The number of halogens is 1. The lowest BCUT2D eigenvalue weighted by molar-refractivity contribution is -0.131. The Balaban J connectivity index is 0.00000306.